The number of carbonyl (C=O) groups excluding carboxylic acids is 1. The molecule has 2 nitrogen and oxygen atoms in total. The zero-order valence-electron chi connectivity index (χ0n) is 7.51. The van der Waals surface area contributed by atoms with Crippen molar-refractivity contribution in [1.82, 2.24) is 0 Å². The molecule has 0 saturated carbocycles. The first kappa shape index (κ1) is 11.5. The van der Waals surface area contributed by atoms with Crippen LogP contribution in [0.25, 0.3) is 0 Å². The molecule has 0 radical (unpaired) electrons. The Morgan fingerprint density at radius 3 is 2.33 bits per heavy atom. The maximum atomic E-state index is 10.9. The first-order valence-electron chi connectivity index (χ1n) is 3.45. The molecule has 0 aromatic heterocycles. The molecule has 0 rings (SSSR count). The fraction of sp³-hybridized carbons (Fsp3) is 0.333. The van der Waals surface area contributed by atoms with E-state index in [1.165, 1.54) is 30.4 Å². The normalized spacial score (nSPS) is 10.8. The number of ether oxygens (including phenoxy) is 1. The Kier molecular flexibility index (Phi) is 4.99. The molecule has 0 saturated heterocycles. The third-order valence-corrected chi connectivity index (χ3v) is 2.55. The summed E-state index contributed by atoms with van der Waals surface area (Å²) in [4.78, 5) is 10.9. The predicted molar refractivity (Wildman–Crippen MR) is 45.6 cm³/mol. The summed E-state index contributed by atoms with van der Waals surface area (Å²) in [6.07, 6.45) is 1.74. The Bertz CT molecular complexity index is 251. The van der Waals surface area contributed by atoms with Gasteiger partial charge in [-0.05, 0) is 0 Å². The van der Waals surface area contributed by atoms with Crippen LogP contribution in [0.5, 0.6) is 0 Å². The molecule has 0 unspecified atom stereocenters. The number of hydrogen-bond acceptors (Lipinski definition) is 2. The molecule has 0 aliphatic heterocycles. The third-order valence-electron chi connectivity index (χ3n) is 1.39. The van der Waals surface area contributed by atoms with Crippen molar-refractivity contribution in [3.63, 3.8) is 0 Å². The van der Waals surface area contributed by atoms with E-state index in [1.54, 1.807) is 6.08 Å². The third kappa shape index (κ3) is 3.77. The van der Waals surface area contributed by atoms with E-state index in [0.717, 1.165) is 5.57 Å². The maximum absolute atomic E-state index is 10.9. The van der Waals surface area contributed by atoms with Crippen molar-refractivity contribution >= 4 is 9.87 Å². The molecule has 0 heterocycles. The van der Waals surface area contributed by atoms with E-state index in [0.29, 0.717) is 5.57 Å². The van der Waals surface area contributed by atoms with Gasteiger partial charge >= 0.3 is 83.5 Å². The van der Waals surface area contributed by atoms with Crippen LogP contribution in [0.15, 0.2) is 23.8 Å². The summed E-state index contributed by atoms with van der Waals surface area (Å²) in [5, 5.41) is 0. The molecule has 0 atom stereocenters. The van der Waals surface area contributed by atoms with Crippen molar-refractivity contribution in [1.29, 1.82) is 0 Å². The SMILES string of the molecule is C=C(C=C(C)[C](C)=[W])C(=O)OC. The van der Waals surface area contributed by atoms with Gasteiger partial charge in [0, 0.05) is 0 Å². The number of carbonyl (C=O) groups is 1. The van der Waals surface area contributed by atoms with Gasteiger partial charge in [0.05, 0.1) is 0 Å². The van der Waals surface area contributed by atoms with Crippen LogP contribution in [0.3, 0.4) is 0 Å². The molecule has 0 aliphatic rings. The Hall–Kier alpha value is -0.492. The topological polar surface area (TPSA) is 26.3 Å². The average Bonchev–Trinajstić information content (AvgIpc) is 2.02. The van der Waals surface area contributed by atoms with Crippen LogP contribution < -0.4 is 0 Å². The van der Waals surface area contributed by atoms with Crippen LogP contribution in [-0.4, -0.2) is 17.0 Å². The van der Waals surface area contributed by atoms with E-state index in [9.17, 15) is 4.79 Å². The number of methoxy groups -OCH3 is 1. The first-order chi connectivity index (χ1) is 5.49. The molecule has 12 heavy (non-hydrogen) atoms. The zero-order valence-corrected chi connectivity index (χ0v) is 10.4. The molecule has 0 fully saturated rings. The Morgan fingerprint density at radius 1 is 1.50 bits per heavy atom. The van der Waals surface area contributed by atoms with E-state index in [1.807, 2.05) is 13.8 Å². The zero-order chi connectivity index (χ0) is 9.72. The van der Waals surface area contributed by atoms with Crippen LogP contribution >= 0.6 is 0 Å². The number of rotatable bonds is 3. The summed E-state index contributed by atoms with van der Waals surface area (Å²) in [6, 6.07) is 0. The molecule has 0 aromatic carbocycles. The monoisotopic (exact) mass is 336 g/mol. The Balaban J connectivity index is 4.44. The van der Waals surface area contributed by atoms with Crippen LogP contribution in [0.4, 0.5) is 0 Å². The van der Waals surface area contributed by atoms with Gasteiger partial charge in [-0.15, -0.1) is 0 Å². The second-order valence-corrected chi connectivity index (χ2v) is 4.60. The summed E-state index contributed by atoms with van der Waals surface area (Å²) in [6.45, 7) is 7.57. The fourth-order valence-corrected chi connectivity index (χ4v) is 0.765. The molecule has 0 aromatic rings. The molecule has 0 spiro atoms. The van der Waals surface area contributed by atoms with Gasteiger partial charge in [0.1, 0.15) is 0 Å². The molecule has 0 bridgehead atoms. The van der Waals surface area contributed by atoms with E-state index in [2.05, 4.69) is 11.3 Å². The Labute approximate surface area is 83.7 Å². The number of esters is 1. The van der Waals surface area contributed by atoms with Crippen molar-refractivity contribution in [3.8, 4) is 0 Å². The molecule has 0 amide bonds. The number of hydrogen-bond donors (Lipinski definition) is 0. The van der Waals surface area contributed by atoms with Gasteiger partial charge in [0.2, 0.25) is 0 Å². The van der Waals surface area contributed by atoms with Gasteiger partial charge in [-0.2, -0.15) is 0 Å². The average molecular weight is 336 g/mol. The molecule has 66 valence electrons. The summed E-state index contributed by atoms with van der Waals surface area (Å²) in [5.41, 5.74) is 1.48. The molecular weight excluding hydrogens is 324 g/mol. The van der Waals surface area contributed by atoms with Gasteiger partial charge in [-0.25, -0.2) is 0 Å². The van der Waals surface area contributed by atoms with E-state index in [4.69, 9.17) is 0 Å². The first-order valence-corrected chi connectivity index (χ1v) is 4.92. The summed E-state index contributed by atoms with van der Waals surface area (Å²) < 4.78 is 5.76. The van der Waals surface area contributed by atoms with Gasteiger partial charge in [0.25, 0.3) is 0 Å². The molecule has 0 aliphatic carbocycles. The molecular formula is C9H12O2W. The number of allylic oxidation sites excluding steroid dienone is 1. The van der Waals surface area contributed by atoms with Crippen LogP contribution in [0.2, 0.25) is 0 Å². The van der Waals surface area contributed by atoms with Gasteiger partial charge < -0.3 is 0 Å². The quantitative estimate of drug-likeness (QED) is 0.443. The summed E-state index contributed by atoms with van der Waals surface area (Å²) >= 11 is 1.40. The molecule has 3 heteroatoms. The summed E-state index contributed by atoms with van der Waals surface area (Å²) in [7, 11) is 1.35. The van der Waals surface area contributed by atoms with Gasteiger partial charge in [0.15, 0.2) is 0 Å². The second kappa shape index (κ2) is 5.21. The van der Waals surface area contributed by atoms with Gasteiger partial charge in [-0.3, -0.25) is 0 Å². The van der Waals surface area contributed by atoms with Crippen LogP contribution in [0, 0.1) is 0 Å². The predicted octanol–water partition coefficient (Wildman–Crippen LogP) is 1.40. The minimum absolute atomic E-state index is 0.370. The minimum atomic E-state index is -0.370. The van der Waals surface area contributed by atoms with Gasteiger partial charge in [-0.1, -0.05) is 0 Å². The molecule has 0 N–H and O–H groups in total. The van der Waals surface area contributed by atoms with Crippen molar-refractivity contribution in [3.05, 3.63) is 23.8 Å². The van der Waals surface area contributed by atoms with E-state index in [-0.39, 0.29) is 5.97 Å². The Morgan fingerprint density at radius 2 is 2.00 bits per heavy atom. The summed E-state index contributed by atoms with van der Waals surface area (Å²) in [5.74, 6) is -0.370. The van der Waals surface area contributed by atoms with Crippen molar-refractivity contribution in [2.45, 2.75) is 13.8 Å². The van der Waals surface area contributed by atoms with Crippen molar-refractivity contribution in [2.75, 3.05) is 7.11 Å². The van der Waals surface area contributed by atoms with Crippen molar-refractivity contribution < 1.29 is 28.9 Å². The van der Waals surface area contributed by atoms with Crippen LogP contribution in [-0.2, 0) is 28.9 Å². The van der Waals surface area contributed by atoms with E-state index < -0.39 is 0 Å². The van der Waals surface area contributed by atoms with Crippen LogP contribution in [0.1, 0.15) is 13.8 Å². The fourth-order valence-electron chi connectivity index (χ4n) is 0.553. The second-order valence-electron chi connectivity index (χ2n) is 2.40. The van der Waals surface area contributed by atoms with Crippen molar-refractivity contribution in [2.24, 2.45) is 0 Å². The standard InChI is InChI=1S/C9H12O2.W/c1-5-7(2)6-8(3)9(10)11-4;/h6H,3H2,1-2,4H3;. The van der Waals surface area contributed by atoms with E-state index >= 15 is 0 Å².